The number of carbonyl (C=O) groups excluding carboxylic acids is 1. The van der Waals surface area contributed by atoms with Crippen molar-refractivity contribution in [1.29, 1.82) is 0 Å². The van der Waals surface area contributed by atoms with Crippen LogP contribution in [-0.2, 0) is 17.8 Å². The van der Waals surface area contributed by atoms with Crippen LogP contribution in [0.3, 0.4) is 0 Å². The number of aliphatic carboxylic acids is 1. The lowest BCUT2D eigenvalue weighted by Crippen LogP contribution is -2.43. The summed E-state index contributed by atoms with van der Waals surface area (Å²) in [4.78, 5) is 29.5. The van der Waals surface area contributed by atoms with Crippen LogP contribution in [-0.4, -0.2) is 38.0 Å². The molecule has 0 spiro atoms. The van der Waals surface area contributed by atoms with Crippen molar-refractivity contribution < 1.29 is 19.1 Å². The van der Waals surface area contributed by atoms with E-state index in [9.17, 15) is 14.7 Å². The van der Waals surface area contributed by atoms with Crippen molar-refractivity contribution in [3.8, 4) is 0 Å². The second kappa shape index (κ2) is 5.08. The van der Waals surface area contributed by atoms with Crippen LogP contribution in [0.5, 0.6) is 0 Å². The first-order chi connectivity index (χ1) is 10.1. The maximum Gasteiger partial charge on any atom is 0.331 e. The number of furan rings is 1. The van der Waals surface area contributed by atoms with Crippen LogP contribution in [0, 0.1) is 0 Å². The summed E-state index contributed by atoms with van der Waals surface area (Å²) in [6.45, 7) is 2.94. The Hall–Kier alpha value is -2.57. The van der Waals surface area contributed by atoms with Crippen LogP contribution in [0.1, 0.15) is 34.8 Å². The monoisotopic (exact) mass is 289 g/mol. The number of rotatable bonds is 3. The zero-order chi connectivity index (χ0) is 15.0. The van der Waals surface area contributed by atoms with E-state index in [1.165, 1.54) is 11.2 Å². The summed E-state index contributed by atoms with van der Waals surface area (Å²) in [5, 5.41) is 9.46. The molecule has 3 rings (SSSR count). The first-order valence-electron chi connectivity index (χ1n) is 6.73. The number of carboxylic acids is 1. The Kier molecular flexibility index (Phi) is 3.25. The normalized spacial score (nSPS) is 17.6. The number of hydrogen-bond acceptors (Lipinski definition) is 4. The van der Waals surface area contributed by atoms with E-state index in [1.54, 1.807) is 23.2 Å². The molecule has 1 aliphatic heterocycles. The van der Waals surface area contributed by atoms with E-state index in [2.05, 4.69) is 4.98 Å². The fraction of sp³-hybridized carbons (Fsp3) is 0.357. The summed E-state index contributed by atoms with van der Waals surface area (Å²) in [5.41, 5.74) is 0.798. The van der Waals surface area contributed by atoms with Gasteiger partial charge in [-0.3, -0.25) is 4.79 Å². The topological polar surface area (TPSA) is 88.6 Å². The van der Waals surface area contributed by atoms with Gasteiger partial charge in [0.05, 0.1) is 12.6 Å². The molecule has 0 aliphatic carbocycles. The van der Waals surface area contributed by atoms with Gasteiger partial charge in [0.15, 0.2) is 6.04 Å². The van der Waals surface area contributed by atoms with Gasteiger partial charge in [-0.25, -0.2) is 9.78 Å². The average Bonchev–Trinajstić information content (AvgIpc) is 3.13. The molecule has 1 unspecified atom stereocenters. The quantitative estimate of drug-likeness (QED) is 0.920. The van der Waals surface area contributed by atoms with E-state index in [0.717, 1.165) is 0 Å². The molecule has 0 saturated carbocycles. The van der Waals surface area contributed by atoms with Crippen LogP contribution in [0.2, 0.25) is 0 Å². The van der Waals surface area contributed by atoms with Gasteiger partial charge in [-0.1, -0.05) is 0 Å². The second-order valence-corrected chi connectivity index (χ2v) is 4.88. The third kappa shape index (κ3) is 2.20. The van der Waals surface area contributed by atoms with Gasteiger partial charge in [0.2, 0.25) is 0 Å². The first kappa shape index (κ1) is 13.4. The maximum absolute atomic E-state index is 12.5. The van der Waals surface area contributed by atoms with Crippen molar-refractivity contribution in [2.75, 3.05) is 6.54 Å². The highest BCUT2D eigenvalue weighted by atomic mass is 16.4. The number of nitrogens with zero attached hydrogens (tertiary/aromatic N) is 3. The molecule has 21 heavy (non-hydrogen) atoms. The van der Waals surface area contributed by atoms with Crippen LogP contribution >= 0.6 is 0 Å². The number of amides is 1. The van der Waals surface area contributed by atoms with E-state index in [0.29, 0.717) is 30.8 Å². The van der Waals surface area contributed by atoms with E-state index >= 15 is 0 Å². The van der Waals surface area contributed by atoms with Crippen molar-refractivity contribution >= 4 is 11.9 Å². The van der Waals surface area contributed by atoms with Gasteiger partial charge in [0.1, 0.15) is 11.5 Å². The smallest absolute Gasteiger partial charge is 0.331 e. The fourth-order valence-corrected chi connectivity index (χ4v) is 2.59. The molecule has 3 heterocycles. The van der Waals surface area contributed by atoms with Crippen LogP contribution in [0.25, 0.3) is 0 Å². The van der Waals surface area contributed by atoms with E-state index in [4.69, 9.17) is 4.42 Å². The first-order valence-corrected chi connectivity index (χ1v) is 6.73. The van der Waals surface area contributed by atoms with Gasteiger partial charge < -0.3 is 19.0 Å². The summed E-state index contributed by atoms with van der Waals surface area (Å²) in [6, 6.07) is 0.588. The lowest BCUT2D eigenvalue weighted by molar-refractivity contribution is -0.143. The molecule has 7 heteroatoms. The third-order valence-electron chi connectivity index (χ3n) is 3.68. The number of carboxylic acid groups (broad SMARTS) is 1. The zero-order valence-corrected chi connectivity index (χ0v) is 11.5. The van der Waals surface area contributed by atoms with Gasteiger partial charge in [0, 0.05) is 31.3 Å². The Morgan fingerprint density at radius 2 is 2.33 bits per heavy atom. The van der Waals surface area contributed by atoms with Crippen molar-refractivity contribution in [2.24, 2.45) is 0 Å². The lowest BCUT2D eigenvalue weighted by atomic mass is 9.99. The Bertz CT molecular complexity index is 688. The molecule has 0 aromatic carbocycles. The van der Waals surface area contributed by atoms with Gasteiger partial charge >= 0.3 is 5.97 Å². The summed E-state index contributed by atoms with van der Waals surface area (Å²) in [5.74, 6) is -0.812. The highest BCUT2D eigenvalue weighted by Crippen LogP contribution is 2.31. The molecule has 1 atom stereocenters. The zero-order valence-electron chi connectivity index (χ0n) is 11.5. The predicted octanol–water partition coefficient (Wildman–Crippen LogP) is 1.32. The second-order valence-electron chi connectivity index (χ2n) is 4.88. The highest BCUT2D eigenvalue weighted by molar-refractivity contribution is 5.95. The number of imidazole rings is 1. The number of aromatic nitrogens is 2. The molecule has 110 valence electrons. The summed E-state index contributed by atoms with van der Waals surface area (Å²) in [7, 11) is 0. The van der Waals surface area contributed by atoms with Crippen LogP contribution in [0.15, 0.2) is 29.3 Å². The number of aryl methyl sites for hydroxylation is 1. The molecule has 1 amide bonds. The van der Waals surface area contributed by atoms with E-state index in [1.807, 2.05) is 6.92 Å². The van der Waals surface area contributed by atoms with Crippen LogP contribution < -0.4 is 0 Å². The summed E-state index contributed by atoms with van der Waals surface area (Å²) < 4.78 is 7.04. The SMILES string of the molecule is CCn1cnc(C(=O)N2CCc3occc3C2C(=O)O)c1. The fourth-order valence-electron chi connectivity index (χ4n) is 2.59. The van der Waals surface area contributed by atoms with Crippen molar-refractivity contribution in [1.82, 2.24) is 14.5 Å². The van der Waals surface area contributed by atoms with E-state index < -0.39 is 12.0 Å². The van der Waals surface area contributed by atoms with Crippen molar-refractivity contribution in [2.45, 2.75) is 25.9 Å². The molecule has 0 saturated heterocycles. The van der Waals surface area contributed by atoms with Gasteiger partial charge in [-0.2, -0.15) is 0 Å². The van der Waals surface area contributed by atoms with Crippen molar-refractivity contribution in [3.63, 3.8) is 0 Å². The molecule has 1 aliphatic rings. The summed E-state index contributed by atoms with van der Waals surface area (Å²) >= 11 is 0. The molecule has 0 radical (unpaired) electrons. The van der Waals surface area contributed by atoms with Gasteiger partial charge in [-0.15, -0.1) is 0 Å². The number of fused-ring (bicyclic) bond motifs is 1. The minimum absolute atomic E-state index is 0.259. The Labute approximate surface area is 120 Å². The third-order valence-corrected chi connectivity index (χ3v) is 3.68. The number of hydrogen-bond donors (Lipinski definition) is 1. The number of carbonyl (C=O) groups is 2. The minimum Gasteiger partial charge on any atom is -0.479 e. The highest BCUT2D eigenvalue weighted by Gasteiger charge is 2.38. The molecular formula is C14H15N3O4. The summed E-state index contributed by atoms with van der Waals surface area (Å²) in [6.07, 6.45) is 5.16. The average molecular weight is 289 g/mol. The molecule has 7 nitrogen and oxygen atoms in total. The van der Waals surface area contributed by atoms with Gasteiger partial charge in [0.25, 0.3) is 5.91 Å². The van der Waals surface area contributed by atoms with Gasteiger partial charge in [-0.05, 0) is 13.0 Å². The molecule has 2 aromatic heterocycles. The molecule has 2 aromatic rings. The molecule has 0 fully saturated rings. The minimum atomic E-state index is -1.07. The lowest BCUT2D eigenvalue weighted by Gasteiger charge is -2.31. The molecule has 0 bridgehead atoms. The maximum atomic E-state index is 12.5. The Morgan fingerprint density at radius 1 is 1.52 bits per heavy atom. The van der Waals surface area contributed by atoms with Crippen LogP contribution in [0.4, 0.5) is 0 Å². The largest absolute Gasteiger partial charge is 0.479 e. The standard InChI is InChI=1S/C14H15N3O4/c1-2-16-7-10(15-8-16)13(18)17-5-3-11-9(4-6-21-11)12(17)14(19)20/h4,6-8,12H,2-3,5H2,1H3,(H,19,20). The Morgan fingerprint density at radius 3 is 3.00 bits per heavy atom. The predicted molar refractivity (Wildman–Crippen MR) is 71.7 cm³/mol. The van der Waals surface area contributed by atoms with Crippen molar-refractivity contribution in [3.05, 3.63) is 41.9 Å². The molecular weight excluding hydrogens is 274 g/mol. The van der Waals surface area contributed by atoms with E-state index in [-0.39, 0.29) is 11.6 Å². The Balaban J connectivity index is 1.94. The molecule has 1 N–H and O–H groups in total.